The van der Waals surface area contributed by atoms with E-state index < -0.39 is 12.1 Å². The van der Waals surface area contributed by atoms with Gasteiger partial charge in [-0.25, -0.2) is 0 Å². The third-order valence-corrected chi connectivity index (χ3v) is 4.10. The number of amides is 1. The average Bonchev–Trinajstić information content (AvgIpc) is 2.65. The van der Waals surface area contributed by atoms with E-state index in [1.165, 1.54) is 6.07 Å². The van der Waals surface area contributed by atoms with Crippen LogP contribution in [0.5, 0.6) is 0 Å². The molecule has 0 aliphatic heterocycles. The summed E-state index contributed by atoms with van der Waals surface area (Å²) in [5, 5.41) is 1.36. The standard InChI is InChI=1S/C21H16F3NO/c1-2-15-10-12-16(13-11-15)14-25(20(26)21(22,23)24)19-9-5-7-17-6-3-4-8-18(17)19/h2-13H,1,14H2. The fourth-order valence-corrected chi connectivity index (χ4v) is 2.80. The van der Waals surface area contributed by atoms with Crippen LogP contribution in [0.1, 0.15) is 11.1 Å². The third-order valence-electron chi connectivity index (χ3n) is 4.10. The van der Waals surface area contributed by atoms with Gasteiger partial charge >= 0.3 is 12.1 Å². The third kappa shape index (κ3) is 3.61. The van der Waals surface area contributed by atoms with Crippen LogP contribution < -0.4 is 4.90 Å². The maximum atomic E-state index is 13.2. The van der Waals surface area contributed by atoms with Crippen molar-refractivity contribution in [2.75, 3.05) is 4.90 Å². The van der Waals surface area contributed by atoms with Crippen LogP contribution in [0.2, 0.25) is 0 Å². The molecule has 0 radical (unpaired) electrons. The molecule has 0 spiro atoms. The van der Waals surface area contributed by atoms with Crippen LogP contribution in [0, 0.1) is 0 Å². The number of carbonyl (C=O) groups is 1. The number of hydrogen-bond donors (Lipinski definition) is 0. The Morgan fingerprint density at radius 2 is 1.62 bits per heavy atom. The lowest BCUT2D eigenvalue weighted by molar-refractivity contribution is -0.170. The molecule has 2 nitrogen and oxygen atoms in total. The molecule has 0 N–H and O–H groups in total. The number of anilines is 1. The second-order valence-electron chi connectivity index (χ2n) is 5.83. The minimum Gasteiger partial charge on any atom is -0.300 e. The monoisotopic (exact) mass is 355 g/mol. The molecule has 0 aliphatic rings. The Morgan fingerprint density at radius 3 is 2.27 bits per heavy atom. The van der Waals surface area contributed by atoms with E-state index in [4.69, 9.17) is 0 Å². The molecule has 132 valence electrons. The molecule has 0 atom stereocenters. The summed E-state index contributed by atoms with van der Waals surface area (Å²) in [4.78, 5) is 12.9. The van der Waals surface area contributed by atoms with Crippen LogP contribution in [-0.2, 0) is 11.3 Å². The molecular weight excluding hydrogens is 339 g/mol. The van der Waals surface area contributed by atoms with Gasteiger partial charge in [0.05, 0.1) is 12.2 Å². The molecule has 0 unspecified atom stereocenters. The molecule has 3 rings (SSSR count). The highest BCUT2D eigenvalue weighted by molar-refractivity contribution is 6.05. The van der Waals surface area contributed by atoms with Gasteiger partial charge in [-0.3, -0.25) is 9.69 Å². The van der Waals surface area contributed by atoms with Crippen molar-refractivity contribution in [2.24, 2.45) is 0 Å². The van der Waals surface area contributed by atoms with Gasteiger partial charge in [0.15, 0.2) is 0 Å². The number of carbonyl (C=O) groups excluding carboxylic acids is 1. The van der Waals surface area contributed by atoms with Crippen molar-refractivity contribution >= 4 is 28.4 Å². The van der Waals surface area contributed by atoms with Crippen molar-refractivity contribution in [1.29, 1.82) is 0 Å². The minimum absolute atomic E-state index is 0.177. The van der Waals surface area contributed by atoms with Gasteiger partial charge < -0.3 is 0 Å². The van der Waals surface area contributed by atoms with Crippen molar-refractivity contribution in [3.05, 3.63) is 84.4 Å². The summed E-state index contributed by atoms with van der Waals surface area (Å²) in [6.45, 7) is 3.47. The number of fused-ring (bicyclic) bond motifs is 1. The molecule has 1 amide bonds. The van der Waals surface area contributed by atoms with Gasteiger partial charge in [0.25, 0.3) is 0 Å². The Hall–Kier alpha value is -3.08. The van der Waals surface area contributed by atoms with Crippen molar-refractivity contribution in [3.63, 3.8) is 0 Å². The largest absolute Gasteiger partial charge is 0.471 e. The van der Waals surface area contributed by atoms with Gasteiger partial charge in [0, 0.05) is 5.39 Å². The van der Waals surface area contributed by atoms with Crippen LogP contribution in [0.25, 0.3) is 16.8 Å². The summed E-state index contributed by atoms with van der Waals surface area (Å²) >= 11 is 0. The number of halogens is 3. The van der Waals surface area contributed by atoms with E-state index in [1.807, 2.05) is 0 Å². The first-order valence-corrected chi connectivity index (χ1v) is 7.98. The Labute approximate surface area is 149 Å². The smallest absolute Gasteiger partial charge is 0.300 e. The summed E-state index contributed by atoms with van der Waals surface area (Å²) in [5.74, 6) is -1.89. The van der Waals surface area contributed by atoms with Gasteiger partial charge in [0.2, 0.25) is 0 Å². The number of alkyl halides is 3. The van der Waals surface area contributed by atoms with Gasteiger partial charge in [-0.2, -0.15) is 13.2 Å². The second-order valence-corrected chi connectivity index (χ2v) is 5.83. The lowest BCUT2D eigenvalue weighted by Gasteiger charge is -2.25. The van der Waals surface area contributed by atoms with Crippen molar-refractivity contribution < 1.29 is 18.0 Å². The maximum Gasteiger partial charge on any atom is 0.471 e. The summed E-state index contributed by atoms with van der Waals surface area (Å²) in [6, 6.07) is 18.9. The van der Waals surface area contributed by atoms with E-state index in [9.17, 15) is 18.0 Å². The lowest BCUT2D eigenvalue weighted by atomic mass is 10.1. The average molecular weight is 355 g/mol. The Balaban J connectivity index is 2.08. The molecule has 0 aliphatic carbocycles. The molecule has 3 aromatic rings. The van der Waals surface area contributed by atoms with E-state index >= 15 is 0 Å². The first-order chi connectivity index (χ1) is 12.4. The molecule has 26 heavy (non-hydrogen) atoms. The van der Waals surface area contributed by atoms with Crippen LogP contribution in [0.3, 0.4) is 0 Å². The van der Waals surface area contributed by atoms with E-state index in [0.717, 1.165) is 15.8 Å². The van der Waals surface area contributed by atoms with Gasteiger partial charge in [-0.15, -0.1) is 0 Å². The summed E-state index contributed by atoms with van der Waals surface area (Å²) in [6.07, 6.45) is -3.31. The van der Waals surface area contributed by atoms with Crippen LogP contribution in [0.15, 0.2) is 73.3 Å². The number of rotatable bonds is 4. The molecule has 0 aromatic heterocycles. The fraction of sp³-hybridized carbons (Fsp3) is 0.0952. The highest BCUT2D eigenvalue weighted by Gasteiger charge is 2.43. The molecule has 5 heteroatoms. The van der Waals surface area contributed by atoms with Crippen LogP contribution in [0.4, 0.5) is 18.9 Å². The lowest BCUT2D eigenvalue weighted by Crippen LogP contribution is -2.41. The van der Waals surface area contributed by atoms with E-state index in [2.05, 4.69) is 6.58 Å². The van der Waals surface area contributed by atoms with Crippen molar-refractivity contribution in [1.82, 2.24) is 0 Å². The molecular formula is C21H16F3NO. The molecule has 0 bridgehead atoms. The van der Waals surface area contributed by atoms with E-state index in [0.29, 0.717) is 10.9 Å². The van der Waals surface area contributed by atoms with Gasteiger partial charge in [0.1, 0.15) is 0 Å². The fourth-order valence-electron chi connectivity index (χ4n) is 2.80. The minimum atomic E-state index is -4.96. The number of nitrogens with zero attached hydrogens (tertiary/aromatic N) is 1. The molecule has 3 aromatic carbocycles. The summed E-state index contributed by atoms with van der Waals surface area (Å²) in [5.41, 5.74) is 1.69. The summed E-state index contributed by atoms with van der Waals surface area (Å²) < 4.78 is 39.6. The van der Waals surface area contributed by atoms with Gasteiger partial charge in [-0.05, 0) is 22.6 Å². The molecule has 0 fully saturated rings. The first kappa shape index (κ1) is 17.7. The van der Waals surface area contributed by atoms with E-state index in [1.54, 1.807) is 66.7 Å². The zero-order valence-corrected chi connectivity index (χ0v) is 13.8. The Kier molecular flexibility index (Phi) is 4.80. The quantitative estimate of drug-likeness (QED) is 0.598. The molecule has 0 saturated heterocycles. The van der Waals surface area contributed by atoms with Crippen molar-refractivity contribution in [2.45, 2.75) is 12.7 Å². The van der Waals surface area contributed by atoms with E-state index in [-0.39, 0.29) is 12.2 Å². The van der Waals surface area contributed by atoms with Crippen molar-refractivity contribution in [3.8, 4) is 0 Å². The highest BCUT2D eigenvalue weighted by atomic mass is 19.4. The second kappa shape index (κ2) is 7.04. The highest BCUT2D eigenvalue weighted by Crippen LogP contribution is 2.31. The number of benzene rings is 3. The predicted octanol–water partition coefficient (Wildman–Crippen LogP) is 5.58. The van der Waals surface area contributed by atoms with Crippen LogP contribution in [-0.4, -0.2) is 12.1 Å². The Bertz CT molecular complexity index is 940. The zero-order chi connectivity index (χ0) is 18.7. The molecule has 0 heterocycles. The number of hydrogen-bond acceptors (Lipinski definition) is 1. The van der Waals surface area contributed by atoms with Gasteiger partial charge in [-0.1, -0.05) is 73.3 Å². The SMILES string of the molecule is C=Cc1ccc(CN(C(=O)C(F)(F)F)c2cccc3ccccc23)cc1. The molecule has 0 saturated carbocycles. The predicted molar refractivity (Wildman–Crippen MR) is 97.7 cm³/mol. The normalized spacial score (nSPS) is 11.3. The Morgan fingerprint density at radius 1 is 0.962 bits per heavy atom. The summed E-state index contributed by atoms with van der Waals surface area (Å²) in [7, 11) is 0. The first-order valence-electron chi connectivity index (χ1n) is 7.98. The van der Waals surface area contributed by atoms with Crippen LogP contribution >= 0.6 is 0 Å². The maximum absolute atomic E-state index is 13.2. The topological polar surface area (TPSA) is 20.3 Å². The zero-order valence-electron chi connectivity index (χ0n) is 13.8.